The maximum absolute atomic E-state index is 15.8. The molecule has 87 heavy (non-hydrogen) atoms. The van der Waals surface area contributed by atoms with Crippen molar-refractivity contribution in [2.24, 2.45) is 5.92 Å². The predicted octanol–water partition coefficient (Wildman–Crippen LogP) is 12.4. The molecule has 470 valence electrons. The van der Waals surface area contributed by atoms with Gasteiger partial charge in [-0.05, 0) is 128 Å². The van der Waals surface area contributed by atoms with Crippen LogP contribution in [-0.4, -0.2) is 95.0 Å². The van der Waals surface area contributed by atoms with Gasteiger partial charge in [0.2, 0.25) is 15.9 Å². The third-order valence-corrected chi connectivity index (χ3v) is 18.7. The van der Waals surface area contributed by atoms with Gasteiger partial charge in [-0.1, -0.05) is 35.7 Å². The number of nitrogens with one attached hydrogen (secondary N) is 1. The Kier molecular flexibility index (Phi) is 17.3. The number of carbonyl (C=O) groups is 2. The number of para-hydroxylation sites is 2. The number of sulfone groups is 1. The molecular formula is C55H56ClF10N8O10PS2. The van der Waals surface area contributed by atoms with Gasteiger partial charge in [-0.3, -0.25) is 28.1 Å². The first-order valence-corrected chi connectivity index (χ1v) is 31.6. The highest BCUT2D eigenvalue weighted by atomic mass is 35.5. The number of nitrogens with zero attached hydrogens (tertiary/aromatic N) is 7. The lowest BCUT2D eigenvalue weighted by atomic mass is 9.93. The van der Waals surface area contributed by atoms with E-state index in [4.69, 9.17) is 25.2 Å². The number of phosphoric ester groups is 1. The van der Waals surface area contributed by atoms with Crippen LogP contribution in [-0.2, 0) is 69.9 Å². The number of halogens is 11. The molecule has 3 aromatic carbocycles. The van der Waals surface area contributed by atoms with Crippen LogP contribution in [0, 0.1) is 29.4 Å². The van der Waals surface area contributed by atoms with Gasteiger partial charge in [0.05, 0.1) is 50.8 Å². The average Bonchev–Trinajstić information content (AvgIpc) is 1.51. The maximum atomic E-state index is 15.8. The molecule has 2 aliphatic carbocycles. The highest BCUT2D eigenvalue weighted by Crippen LogP contribution is 2.68. The number of rotatable bonds is 16. The van der Waals surface area contributed by atoms with E-state index in [1.165, 1.54) is 38.1 Å². The molecule has 0 spiro atoms. The molecule has 0 unspecified atom stereocenters. The molecular weight excluding hydrogens is 1250 g/mol. The van der Waals surface area contributed by atoms with Crippen LogP contribution >= 0.6 is 19.4 Å². The fourth-order valence-corrected chi connectivity index (χ4v) is 12.9. The minimum absolute atomic E-state index is 0.0116. The van der Waals surface area contributed by atoms with E-state index in [2.05, 4.69) is 32.3 Å². The van der Waals surface area contributed by atoms with Crippen molar-refractivity contribution in [2.45, 2.75) is 128 Å². The molecule has 3 heterocycles. The number of urea groups is 1. The van der Waals surface area contributed by atoms with E-state index in [0.717, 1.165) is 49.7 Å². The lowest BCUT2D eigenvalue weighted by molar-refractivity contribution is -0.143. The Morgan fingerprint density at radius 3 is 2.02 bits per heavy atom. The number of carbonyl (C=O) groups excluding carboxylic acids is 2. The summed E-state index contributed by atoms with van der Waals surface area (Å²) < 4.78 is 234. The van der Waals surface area contributed by atoms with Crippen molar-refractivity contribution in [3.63, 3.8) is 0 Å². The van der Waals surface area contributed by atoms with Gasteiger partial charge in [0.25, 0.3) is 5.92 Å². The second-order valence-electron chi connectivity index (χ2n) is 23.3. The number of hydrogen-bond acceptors (Lipinski definition) is 13. The molecule has 2 aliphatic rings. The molecule has 32 heteroatoms. The van der Waals surface area contributed by atoms with Gasteiger partial charge in [0.15, 0.2) is 27.1 Å². The molecule has 3 aromatic heterocycles. The van der Waals surface area contributed by atoms with Crippen LogP contribution in [0.3, 0.4) is 0 Å². The third-order valence-electron chi connectivity index (χ3n) is 13.5. The zero-order valence-corrected chi connectivity index (χ0v) is 51.3. The van der Waals surface area contributed by atoms with Crippen molar-refractivity contribution in [3.8, 4) is 28.7 Å². The summed E-state index contributed by atoms with van der Waals surface area (Å²) in [6.45, 7) is 8.33. The smallest absolute Gasteiger partial charge is 0.402 e. The highest BCUT2D eigenvalue weighted by molar-refractivity contribution is 7.93. The number of amides is 3. The largest absolute Gasteiger partial charge is 0.531 e. The highest BCUT2D eigenvalue weighted by Gasteiger charge is 2.68. The molecule has 3 amide bonds. The lowest BCUT2D eigenvalue weighted by Gasteiger charge is -2.32. The van der Waals surface area contributed by atoms with E-state index >= 15 is 17.6 Å². The zero-order chi connectivity index (χ0) is 64.9. The predicted molar refractivity (Wildman–Crippen MR) is 300 cm³/mol. The van der Waals surface area contributed by atoms with E-state index in [0.29, 0.717) is 17.2 Å². The van der Waals surface area contributed by atoms with Crippen molar-refractivity contribution >= 4 is 73.6 Å². The number of alkyl halides is 8. The van der Waals surface area contributed by atoms with Gasteiger partial charge < -0.3 is 9.84 Å². The molecule has 1 N–H and O–H groups in total. The number of fused-ring (bicyclic) bond motifs is 4. The van der Waals surface area contributed by atoms with Crippen molar-refractivity contribution in [2.75, 3.05) is 28.8 Å². The van der Waals surface area contributed by atoms with Gasteiger partial charge in [0.1, 0.15) is 40.9 Å². The third kappa shape index (κ3) is 14.4. The van der Waals surface area contributed by atoms with Crippen molar-refractivity contribution in [1.29, 1.82) is 0 Å². The fourth-order valence-electron chi connectivity index (χ4n) is 9.69. The van der Waals surface area contributed by atoms with Gasteiger partial charge in [0, 0.05) is 42.0 Å². The normalized spacial score (nSPS) is 16.6. The maximum Gasteiger partial charge on any atom is 0.531 e. The fraction of sp³-hybridized carbons (Fsp3) is 0.436. The van der Waals surface area contributed by atoms with Gasteiger partial charge >= 0.3 is 26.2 Å². The van der Waals surface area contributed by atoms with Crippen molar-refractivity contribution < 1.29 is 88.5 Å². The van der Waals surface area contributed by atoms with Crippen LogP contribution in [0.1, 0.15) is 108 Å². The van der Waals surface area contributed by atoms with Crippen LogP contribution in [0.2, 0.25) is 5.02 Å². The molecule has 18 nitrogen and oxygen atoms in total. The SMILES string of the molecule is CN(C(=O)N(c1nn(CC(F)(F)F)c2c(-c3ccc(C#CC(C)(C)S(C)(=O)=O)nc3[C@H](Cc3cc(F)cc(F)c3)NC(=O)Cn3nc(C(F)(F)F)c4c3C(F)(F)[C@@H]3C[C@H]43)ccc(Cl)c12)S(C)(=O)=O)c1ccccc1OP(=O)(OC(C)(C)C)OC(C)(C)C. The van der Waals surface area contributed by atoms with Crippen molar-refractivity contribution in [3.05, 3.63) is 117 Å². The molecule has 3 atom stereocenters. The van der Waals surface area contributed by atoms with E-state index in [1.54, 1.807) is 41.5 Å². The Balaban J connectivity index is 1.34. The Morgan fingerprint density at radius 2 is 1.46 bits per heavy atom. The first-order chi connectivity index (χ1) is 39.7. The van der Waals surface area contributed by atoms with Gasteiger partial charge in [-0.25, -0.2) is 40.0 Å². The summed E-state index contributed by atoms with van der Waals surface area (Å²) in [4.78, 5) is 34.6. The number of hydrogen-bond donors (Lipinski definition) is 1. The molecule has 6 aromatic rings. The Morgan fingerprint density at radius 1 is 0.862 bits per heavy atom. The van der Waals surface area contributed by atoms with Crippen LogP contribution in [0.25, 0.3) is 22.0 Å². The van der Waals surface area contributed by atoms with E-state index in [-0.39, 0.29) is 48.3 Å². The molecule has 8 rings (SSSR count). The standard InChI is InChI=1S/C55H56ClF10N8O10PS2/c1-50(2,3)83-85(77,84-51(4,5)6)82-40-15-13-12-14-39(40)71(9)49(76)74(87(11,80)81)48-43-37(56)19-18-34(45(43)73(70-48)28-53(59,60)61)33-17-16-32(20-21-52(7,8)86(10,78)79)67-44(33)38(24-29-22-30(57)25-31(58)23-29)68-41(75)27-72-47-42(46(69-72)55(64,65)66)35-26-36(35)54(47,62)63/h12-19,22-23,25,35-36,38H,24,26-28H2,1-11H3,(H,68,75)/t35-,36+,38-/m0/s1. The summed E-state index contributed by atoms with van der Waals surface area (Å²) in [5, 5.41) is 8.70. The topological polar surface area (TPSA) is 214 Å². The van der Waals surface area contributed by atoms with Crippen LogP contribution in [0.5, 0.6) is 5.75 Å². The Hall–Kier alpha value is -6.77. The Bertz CT molecular complexity index is 4080. The second kappa shape index (κ2) is 22.7. The van der Waals surface area contributed by atoms with Crippen LogP contribution in [0.15, 0.2) is 66.7 Å². The summed E-state index contributed by atoms with van der Waals surface area (Å²) in [5.74, 6) is -6.62. The first-order valence-electron chi connectivity index (χ1n) is 26.1. The molecule has 0 bridgehead atoms. The number of phosphoric acid groups is 1. The average molecular weight is 1310 g/mol. The minimum atomic E-state index is -5.25. The summed E-state index contributed by atoms with van der Waals surface area (Å²) in [6, 6.07) is 8.29. The second-order valence-corrected chi connectivity index (χ2v) is 29.5. The quantitative estimate of drug-likeness (QED) is 0.0543. The first kappa shape index (κ1) is 66.2. The van der Waals surface area contributed by atoms with Crippen LogP contribution < -0.4 is 19.0 Å². The number of aromatic nitrogens is 5. The zero-order valence-electron chi connectivity index (χ0n) is 48.0. The Labute approximate surface area is 498 Å². The lowest BCUT2D eigenvalue weighted by Crippen LogP contribution is -2.45. The minimum Gasteiger partial charge on any atom is -0.402 e. The van der Waals surface area contributed by atoms with E-state index < -0.39 is 173 Å². The summed E-state index contributed by atoms with van der Waals surface area (Å²) >= 11 is 6.84. The number of benzene rings is 3. The molecule has 0 aliphatic heterocycles. The summed E-state index contributed by atoms with van der Waals surface area (Å²) in [7, 11) is -12.6. The summed E-state index contributed by atoms with van der Waals surface area (Å²) in [5.41, 5.74) is -8.86. The van der Waals surface area contributed by atoms with Gasteiger partial charge in [-0.15, -0.1) is 0 Å². The van der Waals surface area contributed by atoms with Gasteiger partial charge in [-0.2, -0.15) is 49.6 Å². The van der Waals surface area contributed by atoms with E-state index in [9.17, 15) is 57.3 Å². The molecule has 1 fully saturated rings. The molecule has 0 saturated heterocycles. The number of anilines is 2. The summed E-state index contributed by atoms with van der Waals surface area (Å²) in [6.07, 6.45) is -10.1. The number of sulfonamides is 1. The van der Waals surface area contributed by atoms with Crippen molar-refractivity contribution in [1.82, 2.24) is 29.9 Å². The van der Waals surface area contributed by atoms with Crippen LogP contribution in [0.4, 0.5) is 60.2 Å². The monoisotopic (exact) mass is 1310 g/mol. The molecule has 0 radical (unpaired) electrons. The van der Waals surface area contributed by atoms with E-state index in [1.807, 2.05) is 0 Å². The molecule has 1 saturated carbocycles. The number of pyridine rings is 1.